The van der Waals surface area contributed by atoms with Crippen molar-refractivity contribution in [2.45, 2.75) is 13.3 Å². The molecule has 1 N–H and O–H groups in total. The lowest BCUT2D eigenvalue weighted by Gasteiger charge is -2.05. The standard InChI is InChI=1S/C11H10Cl2N4/c1-2-9-15-10(13)17-11(16-9)14-8-5-3-7(12)4-6-8/h3-6H,2H2,1H3,(H,14,15,16,17). The van der Waals surface area contributed by atoms with Gasteiger partial charge in [-0.25, -0.2) is 4.98 Å². The minimum atomic E-state index is 0.188. The molecule has 0 aliphatic rings. The van der Waals surface area contributed by atoms with Gasteiger partial charge < -0.3 is 5.32 Å². The molecule has 1 heterocycles. The highest BCUT2D eigenvalue weighted by atomic mass is 35.5. The minimum Gasteiger partial charge on any atom is -0.324 e. The van der Waals surface area contributed by atoms with Gasteiger partial charge in [0.05, 0.1) is 0 Å². The molecule has 6 heteroatoms. The van der Waals surface area contributed by atoms with Crippen molar-refractivity contribution in [1.29, 1.82) is 0 Å². The Morgan fingerprint density at radius 2 is 1.76 bits per heavy atom. The van der Waals surface area contributed by atoms with Crippen molar-refractivity contribution in [2.24, 2.45) is 0 Å². The largest absolute Gasteiger partial charge is 0.324 e. The SMILES string of the molecule is CCc1nc(Cl)nc(Nc2ccc(Cl)cc2)n1. The number of benzene rings is 1. The van der Waals surface area contributed by atoms with Gasteiger partial charge >= 0.3 is 0 Å². The van der Waals surface area contributed by atoms with Crippen LogP contribution < -0.4 is 5.32 Å². The van der Waals surface area contributed by atoms with E-state index in [2.05, 4.69) is 20.3 Å². The first-order valence-electron chi connectivity index (χ1n) is 5.10. The van der Waals surface area contributed by atoms with Crippen LogP contribution in [0.2, 0.25) is 10.3 Å². The van der Waals surface area contributed by atoms with Crippen LogP contribution >= 0.6 is 23.2 Å². The van der Waals surface area contributed by atoms with Crippen LogP contribution in [0.15, 0.2) is 24.3 Å². The third-order valence-electron chi connectivity index (χ3n) is 2.07. The van der Waals surface area contributed by atoms with E-state index >= 15 is 0 Å². The molecule has 17 heavy (non-hydrogen) atoms. The topological polar surface area (TPSA) is 50.7 Å². The second kappa shape index (κ2) is 5.29. The lowest BCUT2D eigenvalue weighted by molar-refractivity contribution is 0.904. The molecule has 1 aromatic carbocycles. The van der Waals surface area contributed by atoms with E-state index in [1.54, 1.807) is 12.1 Å². The molecule has 0 bridgehead atoms. The summed E-state index contributed by atoms with van der Waals surface area (Å²) in [6, 6.07) is 7.25. The van der Waals surface area contributed by atoms with Crippen molar-refractivity contribution in [3.05, 3.63) is 40.4 Å². The molecule has 0 spiro atoms. The second-order valence-electron chi connectivity index (χ2n) is 3.33. The van der Waals surface area contributed by atoms with Crippen LogP contribution in [0.3, 0.4) is 0 Å². The number of rotatable bonds is 3. The van der Waals surface area contributed by atoms with E-state index in [0.717, 1.165) is 5.69 Å². The Labute approximate surface area is 109 Å². The Balaban J connectivity index is 2.23. The van der Waals surface area contributed by atoms with Crippen molar-refractivity contribution in [3.63, 3.8) is 0 Å². The van der Waals surface area contributed by atoms with E-state index in [-0.39, 0.29) is 5.28 Å². The van der Waals surface area contributed by atoms with Crippen molar-refractivity contribution in [2.75, 3.05) is 5.32 Å². The summed E-state index contributed by atoms with van der Waals surface area (Å²) < 4.78 is 0. The van der Waals surface area contributed by atoms with E-state index in [9.17, 15) is 0 Å². The first kappa shape index (κ1) is 12.1. The van der Waals surface area contributed by atoms with Gasteiger partial charge in [0.25, 0.3) is 0 Å². The Morgan fingerprint density at radius 3 is 2.41 bits per heavy atom. The fourth-order valence-electron chi connectivity index (χ4n) is 1.27. The number of halogens is 2. The van der Waals surface area contributed by atoms with E-state index in [0.29, 0.717) is 23.2 Å². The Kier molecular flexibility index (Phi) is 3.76. The summed E-state index contributed by atoms with van der Waals surface area (Å²) in [6.45, 7) is 1.96. The second-order valence-corrected chi connectivity index (χ2v) is 4.10. The molecule has 0 radical (unpaired) electrons. The third kappa shape index (κ3) is 3.28. The van der Waals surface area contributed by atoms with Crippen LogP contribution in [-0.2, 0) is 6.42 Å². The number of nitrogens with zero attached hydrogens (tertiary/aromatic N) is 3. The highest BCUT2D eigenvalue weighted by Gasteiger charge is 2.03. The predicted octanol–water partition coefficient (Wildman–Crippen LogP) is 3.48. The molecule has 0 aliphatic carbocycles. The van der Waals surface area contributed by atoms with E-state index in [1.165, 1.54) is 0 Å². The molecule has 2 aromatic rings. The quantitative estimate of drug-likeness (QED) is 0.926. The van der Waals surface area contributed by atoms with Crippen LogP contribution in [0, 0.1) is 0 Å². The number of aromatic nitrogens is 3. The Morgan fingerprint density at radius 1 is 1.06 bits per heavy atom. The molecule has 0 saturated carbocycles. The first-order chi connectivity index (χ1) is 8.17. The van der Waals surface area contributed by atoms with E-state index in [1.807, 2.05) is 19.1 Å². The van der Waals surface area contributed by atoms with Crippen molar-refractivity contribution >= 4 is 34.8 Å². The fraction of sp³-hybridized carbons (Fsp3) is 0.182. The minimum absolute atomic E-state index is 0.188. The van der Waals surface area contributed by atoms with Gasteiger partial charge in [-0.05, 0) is 35.9 Å². The monoisotopic (exact) mass is 268 g/mol. The normalized spacial score (nSPS) is 10.3. The third-order valence-corrected chi connectivity index (χ3v) is 2.49. The van der Waals surface area contributed by atoms with Crippen LogP contribution in [0.4, 0.5) is 11.6 Å². The molecule has 0 saturated heterocycles. The molecule has 0 unspecified atom stereocenters. The molecular weight excluding hydrogens is 259 g/mol. The average Bonchev–Trinajstić information content (AvgIpc) is 2.31. The van der Waals surface area contributed by atoms with Crippen LogP contribution in [-0.4, -0.2) is 15.0 Å². The average molecular weight is 269 g/mol. The lowest BCUT2D eigenvalue weighted by atomic mass is 10.3. The summed E-state index contributed by atoms with van der Waals surface area (Å²) in [5.41, 5.74) is 0.846. The number of hydrogen-bond acceptors (Lipinski definition) is 4. The molecule has 0 fully saturated rings. The van der Waals surface area contributed by atoms with Gasteiger partial charge in [-0.3, -0.25) is 0 Å². The summed E-state index contributed by atoms with van der Waals surface area (Å²) in [5, 5.41) is 3.91. The van der Waals surface area contributed by atoms with Crippen LogP contribution in [0.25, 0.3) is 0 Å². The summed E-state index contributed by atoms with van der Waals surface area (Å²) in [7, 11) is 0. The highest BCUT2D eigenvalue weighted by molar-refractivity contribution is 6.30. The van der Waals surface area contributed by atoms with Gasteiger partial charge in [-0.1, -0.05) is 18.5 Å². The summed E-state index contributed by atoms with van der Waals surface area (Å²) in [4.78, 5) is 12.2. The van der Waals surface area contributed by atoms with Crippen LogP contribution in [0.1, 0.15) is 12.7 Å². The van der Waals surface area contributed by atoms with Crippen molar-refractivity contribution in [3.8, 4) is 0 Å². The van der Waals surface area contributed by atoms with Gasteiger partial charge in [-0.15, -0.1) is 0 Å². The summed E-state index contributed by atoms with van der Waals surface area (Å²) in [5.74, 6) is 1.09. The Bertz CT molecular complexity index is 513. The van der Waals surface area contributed by atoms with Crippen molar-refractivity contribution in [1.82, 2.24) is 15.0 Å². The maximum Gasteiger partial charge on any atom is 0.231 e. The molecule has 88 valence electrons. The van der Waals surface area contributed by atoms with Crippen molar-refractivity contribution < 1.29 is 0 Å². The predicted molar refractivity (Wildman–Crippen MR) is 68.9 cm³/mol. The summed E-state index contributed by atoms with van der Waals surface area (Å²) in [6.07, 6.45) is 0.706. The zero-order valence-electron chi connectivity index (χ0n) is 9.11. The molecule has 0 amide bonds. The number of aryl methyl sites for hydroxylation is 1. The molecule has 0 atom stereocenters. The highest BCUT2D eigenvalue weighted by Crippen LogP contribution is 2.17. The zero-order valence-corrected chi connectivity index (χ0v) is 10.6. The molecular formula is C11H10Cl2N4. The fourth-order valence-corrected chi connectivity index (χ4v) is 1.57. The van der Waals surface area contributed by atoms with Gasteiger partial charge in [0.15, 0.2) is 0 Å². The maximum absolute atomic E-state index is 5.80. The first-order valence-corrected chi connectivity index (χ1v) is 5.86. The molecule has 1 aromatic heterocycles. The number of anilines is 2. The number of nitrogens with one attached hydrogen (secondary N) is 1. The van der Waals surface area contributed by atoms with E-state index < -0.39 is 0 Å². The summed E-state index contributed by atoms with van der Waals surface area (Å²) >= 11 is 11.6. The molecule has 4 nitrogen and oxygen atoms in total. The Hall–Kier alpha value is -1.39. The number of hydrogen-bond donors (Lipinski definition) is 1. The zero-order chi connectivity index (χ0) is 12.3. The maximum atomic E-state index is 5.80. The smallest absolute Gasteiger partial charge is 0.231 e. The van der Waals surface area contributed by atoms with Gasteiger partial charge in [0.1, 0.15) is 5.82 Å². The van der Waals surface area contributed by atoms with Gasteiger partial charge in [0, 0.05) is 17.1 Å². The lowest BCUT2D eigenvalue weighted by Crippen LogP contribution is -2.02. The van der Waals surface area contributed by atoms with Gasteiger partial charge in [-0.2, -0.15) is 9.97 Å². The molecule has 0 aliphatic heterocycles. The molecule has 2 rings (SSSR count). The van der Waals surface area contributed by atoms with E-state index in [4.69, 9.17) is 23.2 Å². The van der Waals surface area contributed by atoms with Gasteiger partial charge in [0.2, 0.25) is 11.2 Å². The van der Waals surface area contributed by atoms with Crippen LogP contribution in [0.5, 0.6) is 0 Å².